The first-order chi connectivity index (χ1) is 22.4. The van der Waals surface area contributed by atoms with Crippen LogP contribution < -0.4 is 4.52 Å². The first-order valence-corrected chi connectivity index (χ1v) is 19.0. The molecule has 0 bridgehead atoms. The van der Waals surface area contributed by atoms with E-state index in [1.807, 2.05) is 18.7 Å². The lowest BCUT2D eigenvalue weighted by atomic mass is 9.84. The minimum atomic E-state index is -4.73. The van der Waals surface area contributed by atoms with Crippen molar-refractivity contribution in [1.82, 2.24) is 24.7 Å². The van der Waals surface area contributed by atoms with Crippen molar-refractivity contribution in [1.29, 1.82) is 0 Å². The van der Waals surface area contributed by atoms with Gasteiger partial charge in [-0.25, -0.2) is 9.55 Å². The fourth-order valence-electron chi connectivity index (χ4n) is 6.76. The summed E-state index contributed by atoms with van der Waals surface area (Å²) >= 11 is 1.29. The highest BCUT2D eigenvalue weighted by molar-refractivity contribution is 7.46. The summed E-state index contributed by atoms with van der Waals surface area (Å²) in [5, 5.41) is 1.76. The Morgan fingerprint density at radius 1 is 1.15 bits per heavy atom. The number of rotatable bonds is 9. The average molecular weight is 706 g/mol. The van der Waals surface area contributed by atoms with Crippen LogP contribution in [0.4, 0.5) is 0 Å². The lowest BCUT2D eigenvalue weighted by Crippen LogP contribution is -2.74. The van der Waals surface area contributed by atoms with Crippen molar-refractivity contribution < 1.29 is 38.1 Å². The van der Waals surface area contributed by atoms with Crippen LogP contribution in [0.15, 0.2) is 24.3 Å². The van der Waals surface area contributed by atoms with Gasteiger partial charge in [0.25, 0.3) is 11.8 Å². The first kappa shape index (κ1) is 36.4. The Kier molecular flexibility index (Phi) is 10.7. The third-order valence-corrected chi connectivity index (χ3v) is 10.4. The highest BCUT2D eigenvalue weighted by Gasteiger charge is 2.54. The van der Waals surface area contributed by atoms with E-state index in [2.05, 4.69) is 49.0 Å². The van der Waals surface area contributed by atoms with E-state index >= 15 is 0 Å². The van der Waals surface area contributed by atoms with Gasteiger partial charge in [-0.2, -0.15) is 5.06 Å². The summed E-state index contributed by atoms with van der Waals surface area (Å²) in [4.78, 5) is 77.4. The fourth-order valence-corrected chi connectivity index (χ4v) is 8.00. The largest absolute Gasteiger partial charge is 0.524 e. The highest BCUT2D eigenvalue weighted by Crippen LogP contribution is 2.39. The Labute approximate surface area is 286 Å². The number of phosphoric acid groups is 1. The molecule has 0 aliphatic carbocycles. The molecule has 3 saturated heterocycles. The number of hydrogen-bond acceptors (Lipinski definition) is 9. The number of benzene rings is 1. The highest BCUT2D eigenvalue weighted by atomic mass is 32.1. The molecule has 3 aliphatic heterocycles. The number of piperazine rings is 1. The predicted octanol–water partition coefficient (Wildman–Crippen LogP) is 4.64. The number of amides is 3. The van der Waals surface area contributed by atoms with Crippen molar-refractivity contribution in [2.75, 3.05) is 19.6 Å². The molecule has 3 fully saturated rings. The van der Waals surface area contributed by atoms with E-state index in [4.69, 9.17) is 14.6 Å². The van der Waals surface area contributed by atoms with Gasteiger partial charge in [-0.3, -0.25) is 29.0 Å². The van der Waals surface area contributed by atoms with Crippen molar-refractivity contribution in [2.24, 2.45) is 11.3 Å². The Bertz CT molecular complexity index is 1590. The number of aromatic nitrogens is 1. The molecule has 15 heteroatoms. The zero-order chi connectivity index (χ0) is 35.1. The van der Waals surface area contributed by atoms with Crippen molar-refractivity contribution in [2.45, 2.75) is 105 Å². The van der Waals surface area contributed by atoms with E-state index in [0.717, 1.165) is 30.6 Å². The first-order valence-electron chi connectivity index (χ1n) is 16.6. The topological polar surface area (TPSA) is 153 Å². The van der Waals surface area contributed by atoms with Crippen molar-refractivity contribution in [3.8, 4) is 5.75 Å². The molecular weight excluding hydrogens is 657 g/mol. The van der Waals surface area contributed by atoms with Crippen LogP contribution >= 0.6 is 19.2 Å². The molecule has 1 aromatic heterocycles. The second-order valence-corrected chi connectivity index (χ2v) is 17.1. The SMILES string of the molecule is CC(C)C[C@H]1ON(C(=O)/C=C/c2nc3cc(OP(=O)(O)O)ccc3s2)[C@H]2CN(C3CCN(C(C)C)CC3)C(=O)[C@H](CC(C)(C)C)N2C1=O. The van der Waals surface area contributed by atoms with Crippen molar-refractivity contribution in [3.63, 3.8) is 0 Å². The molecule has 0 saturated carbocycles. The number of thiazole rings is 1. The van der Waals surface area contributed by atoms with Gasteiger partial charge in [-0.1, -0.05) is 34.6 Å². The second kappa shape index (κ2) is 14.2. The molecule has 1 aromatic carbocycles. The number of carbonyl (C=O) groups excluding carboxylic acids is 3. The Morgan fingerprint density at radius 3 is 2.44 bits per heavy atom. The third kappa shape index (κ3) is 8.46. The number of hydrogen-bond donors (Lipinski definition) is 2. The normalized spacial score (nSPS) is 23.6. The number of phosphoric ester groups is 1. The minimum absolute atomic E-state index is 0.00436. The van der Waals surface area contributed by atoms with Crippen LogP contribution in [0.5, 0.6) is 5.75 Å². The van der Waals surface area contributed by atoms with E-state index in [-0.39, 0.29) is 41.5 Å². The van der Waals surface area contributed by atoms with Gasteiger partial charge in [0.2, 0.25) is 5.91 Å². The van der Waals surface area contributed by atoms with Crippen LogP contribution in [-0.2, 0) is 23.8 Å². The van der Waals surface area contributed by atoms with Gasteiger partial charge in [0, 0.05) is 37.3 Å². The van der Waals surface area contributed by atoms with E-state index in [1.165, 1.54) is 34.6 Å². The summed E-state index contributed by atoms with van der Waals surface area (Å²) in [6.45, 7) is 16.4. The number of carbonyl (C=O) groups is 3. The molecule has 2 aromatic rings. The summed E-state index contributed by atoms with van der Waals surface area (Å²) in [5.74, 6) is -0.726. The quantitative estimate of drug-likeness (QED) is 0.279. The van der Waals surface area contributed by atoms with Crippen molar-refractivity contribution >= 4 is 53.2 Å². The Hall–Kier alpha value is -2.87. The minimum Gasteiger partial charge on any atom is -0.404 e. The van der Waals surface area contributed by atoms with Crippen molar-refractivity contribution in [3.05, 3.63) is 29.3 Å². The maximum absolute atomic E-state index is 14.3. The van der Waals surface area contributed by atoms with Gasteiger partial charge in [0.1, 0.15) is 16.8 Å². The lowest BCUT2D eigenvalue weighted by Gasteiger charge is -2.55. The summed E-state index contributed by atoms with van der Waals surface area (Å²) in [7, 11) is -4.73. The number of piperidine rings is 1. The van der Waals surface area contributed by atoms with E-state index in [1.54, 1.807) is 17.0 Å². The van der Waals surface area contributed by atoms with Gasteiger partial charge in [-0.05, 0) is 69.1 Å². The van der Waals surface area contributed by atoms with Gasteiger partial charge in [-0.15, -0.1) is 11.3 Å². The van der Waals surface area contributed by atoms with Crippen LogP contribution in [0, 0.1) is 11.3 Å². The molecule has 2 N–H and O–H groups in total. The summed E-state index contributed by atoms with van der Waals surface area (Å²) in [6.07, 6.45) is 3.66. The van der Waals surface area contributed by atoms with Gasteiger partial charge >= 0.3 is 7.82 Å². The molecule has 0 unspecified atom stereocenters. The number of nitrogens with zero attached hydrogens (tertiary/aromatic N) is 5. The molecule has 48 heavy (non-hydrogen) atoms. The zero-order valence-corrected chi connectivity index (χ0v) is 30.4. The number of hydroxylamine groups is 2. The molecule has 4 heterocycles. The molecular formula is C33H48N5O8PS. The number of likely N-dealkylation sites (tertiary alicyclic amines) is 1. The molecule has 3 aliphatic rings. The molecule has 0 spiro atoms. The van der Waals surface area contributed by atoms with E-state index in [0.29, 0.717) is 29.4 Å². The van der Waals surface area contributed by atoms with E-state index < -0.39 is 32.0 Å². The number of fused-ring (bicyclic) bond motifs is 2. The molecule has 5 rings (SSSR count). The molecule has 3 amide bonds. The monoisotopic (exact) mass is 705 g/mol. The standard InChI is InChI=1S/C33H48N5O8PS/c1-20(2)16-26-32(41)37-25(18-33(5,6)7)31(40)36(22-12-14-35(15-13-22)21(3)4)19-29(37)38(45-26)30(39)11-10-28-34-24-17-23(46-47(42,43)44)8-9-27(24)48-28/h8-11,17,20-22,25-26,29H,12-16,18-19H2,1-7H3,(H2,42,43,44)/b11-10+/t25-,26+,29-/m0/s1. The predicted molar refractivity (Wildman–Crippen MR) is 182 cm³/mol. The van der Waals surface area contributed by atoms with Gasteiger partial charge < -0.3 is 19.2 Å². The second-order valence-electron chi connectivity index (χ2n) is 14.8. The maximum Gasteiger partial charge on any atom is 0.524 e. The zero-order valence-electron chi connectivity index (χ0n) is 28.7. The summed E-state index contributed by atoms with van der Waals surface area (Å²) < 4.78 is 16.7. The van der Waals surface area contributed by atoms with Crippen LogP contribution in [0.3, 0.4) is 0 Å². The van der Waals surface area contributed by atoms with Crippen LogP contribution in [0.2, 0.25) is 0 Å². The third-order valence-electron chi connectivity index (χ3n) is 8.97. The van der Waals surface area contributed by atoms with Gasteiger partial charge in [0.05, 0.1) is 16.8 Å². The molecule has 0 radical (unpaired) electrons. The Morgan fingerprint density at radius 2 is 1.83 bits per heavy atom. The molecule has 3 atom stereocenters. The average Bonchev–Trinajstić information content (AvgIpc) is 3.39. The van der Waals surface area contributed by atoms with Gasteiger partial charge in [0.15, 0.2) is 12.3 Å². The summed E-state index contributed by atoms with van der Waals surface area (Å²) in [5.41, 5.74) is 0.190. The Balaban J connectivity index is 1.45. The van der Waals surface area contributed by atoms with Crippen LogP contribution in [0.25, 0.3) is 16.3 Å². The fraction of sp³-hybridized carbons (Fsp3) is 0.636. The van der Waals surface area contributed by atoms with Crippen LogP contribution in [0.1, 0.15) is 79.2 Å². The molecule has 13 nitrogen and oxygen atoms in total. The molecule has 264 valence electrons. The van der Waals surface area contributed by atoms with E-state index in [9.17, 15) is 18.9 Å². The lowest BCUT2D eigenvalue weighted by molar-refractivity contribution is -0.276. The maximum atomic E-state index is 14.3. The smallest absolute Gasteiger partial charge is 0.404 e. The van der Waals surface area contributed by atoms with Crippen LogP contribution in [-0.4, -0.2) is 102 Å². The summed E-state index contributed by atoms with van der Waals surface area (Å²) in [6, 6.07) is 4.18.